The van der Waals surface area contributed by atoms with Gasteiger partial charge in [-0.25, -0.2) is 9.97 Å². The molecule has 0 spiro atoms. The van der Waals surface area contributed by atoms with Crippen molar-refractivity contribution in [2.45, 2.75) is 26.3 Å². The normalized spacial score (nSPS) is 11.1. The Bertz CT molecular complexity index is 564. The second kappa shape index (κ2) is 5.57. The molecule has 0 bridgehead atoms. The maximum absolute atomic E-state index is 6.18. The maximum atomic E-state index is 6.18. The first kappa shape index (κ1) is 13.8. The smallest absolute Gasteiger partial charge is 0.138 e. The lowest BCUT2D eigenvalue weighted by molar-refractivity contribution is 0.765. The topological polar surface area (TPSA) is 46.8 Å². The Morgan fingerprint density at radius 1 is 1.37 bits per heavy atom. The number of hydrogen-bond donors (Lipinski definition) is 0. The Morgan fingerprint density at radius 3 is 2.68 bits per heavy atom. The summed E-state index contributed by atoms with van der Waals surface area (Å²) < 4.78 is 1.79. The van der Waals surface area contributed by atoms with E-state index in [2.05, 4.69) is 33.8 Å². The van der Waals surface area contributed by atoms with Crippen molar-refractivity contribution in [2.75, 3.05) is 11.9 Å². The van der Waals surface area contributed by atoms with Crippen LogP contribution in [0.1, 0.15) is 30.9 Å². The van der Waals surface area contributed by atoms with Crippen LogP contribution in [0.5, 0.6) is 0 Å². The monoisotopic (exact) mass is 279 g/mol. The Hall–Kier alpha value is -1.62. The minimum Gasteiger partial charge on any atom is -0.355 e. The summed E-state index contributed by atoms with van der Waals surface area (Å²) in [6.07, 6.45) is 5.35. The summed E-state index contributed by atoms with van der Waals surface area (Å²) in [5, 5.41) is 4.70. The molecule has 5 nitrogen and oxygen atoms in total. The van der Waals surface area contributed by atoms with Gasteiger partial charge in [0.15, 0.2) is 0 Å². The average molecular weight is 280 g/mol. The summed E-state index contributed by atoms with van der Waals surface area (Å²) in [5.41, 5.74) is 2.12. The number of aryl methyl sites for hydroxylation is 1. The highest BCUT2D eigenvalue weighted by atomic mass is 35.5. The Morgan fingerprint density at radius 2 is 2.11 bits per heavy atom. The highest BCUT2D eigenvalue weighted by Crippen LogP contribution is 2.30. The van der Waals surface area contributed by atoms with Crippen LogP contribution in [0.4, 0.5) is 5.82 Å². The van der Waals surface area contributed by atoms with Gasteiger partial charge in [0.2, 0.25) is 0 Å². The molecule has 2 aromatic heterocycles. The van der Waals surface area contributed by atoms with E-state index >= 15 is 0 Å². The van der Waals surface area contributed by atoms with Crippen molar-refractivity contribution in [2.24, 2.45) is 7.05 Å². The van der Waals surface area contributed by atoms with Gasteiger partial charge in [0, 0.05) is 38.0 Å². The van der Waals surface area contributed by atoms with Crippen LogP contribution in [-0.4, -0.2) is 26.8 Å². The van der Waals surface area contributed by atoms with E-state index in [9.17, 15) is 0 Å². The van der Waals surface area contributed by atoms with Crippen molar-refractivity contribution >= 4 is 17.4 Å². The molecule has 0 radical (unpaired) electrons. The molecule has 0 aliphatic carbocycles. The molecule has 0 unspecified atom stereocenters. The number of hydrogen-bond acceptors (Lipinski definition) is 4. The van der Waals surface area contributed by atoms with Gasteiger partial charge in [0.25, 0.3) is 0 Å². The molecular weight excluding hydrogens is 262 g/mol. The van der Waals surface area contributed by atoms with Crippen LogP contribution in [-0.2, 0) is 13.6 Å². The number of halogens is 1. The van der Waals surface area contributed by atoms with Crippen molar-refractivity contribution in [1.82, 2.24) is 19.7 Å². The molecule has 0 saturated heterocycles. The van der Waals surface area contributed by atoms with Gasteiger partial charge in [-0.2, -0.15) is 5.10 Å². The van der Waals surface area contributed by atoms with E-state index in [0.29, 0.717) is 5.15 Å². The van der Waals surface area contributed by atoms with Crippen LogP contribution in [0.3, 0.4) is 0 Å². The highest BCUT2D eigenvalue weighted by molar-refractivity contribution is 6.30. The summed E-state index contributed by atoms with van der Waals surface area (Å²) in [6.45, 7) is 4.92. The van der Waals surface area contributed by atoms with Gasteiger partial charge in [-0.1, -0.05) is 25.4 Å². The molecule has 2 heterocycles. The van der Waals surface area contributed by atoms with Gasteiger partial charge in [-0.15, -0.1) is 0 Å². The molecule has 0 aliphatic rings. The zero-order valence-electron chi connectivity index (χ0n) is 11.6. The Balaban J connectivity index is 2.28. The van der Waals surface area contributed by atoms with E-state index in [1.54, 1.807) is 4.68 Å². The van der Waals surface area contributed by atoms with Crippen LogP contribution in [0.15, 0.2) is 18.7 Å². The zero-order valence-corrected chi connectivity index (χ0v) is 12.4. The molecule has 2 rings (SSSR count). The lowest BCUT2D eigenvalue weighted by Gasteiger charge is -2.22. The van der Waals surface area contributed by atoms with Crippen molar-refractivity contribution in [3.8, 4) is 0 Å². The standard InChI is InChI=1S/C13H18ClN5/c1-9(2)11-12(14)15-8-16-13(11)18(3)6-10-5-17-19(4)7-10/h5,7-9H,6H2,1-4H3. The third-order valence-corrected chi connectivity index (χ3v) is 3.23. The minimum atomic E-state index is 0.278. The van der Waals surface area contributed by atoms with Crippen LogP contribution >= 0.6 is 11.6 Å². The van der Waals surface area contributed by atoms with E-state index in [4.69, 9.17) is 11.6 Å². The zero-order chi connectivity index (χ0) is 14.0. The van der Waals surface area contributed by atoms with E-state index in [1.807, 2.05) is 26.5 Å². The van der Waals surface area contributed by atoms with Crippen molar-refractivity contribution < 1.29 is 0 Å². The number of aromatic nitrogens is 4. The van der Waals surface area contributed by atoms with Crippen LogP contribution in [0.25, 0.3) is 0 Å². The molecule has 6 heteroatoms. The first-order valence-corrected chi connectivity index (χ1v) is 6.56. The van der Waals surface area contributed by atoms with Crippen molar-refractivity contribution in [1.29, 1.82) is 0 Å². The molecule has 102 valence electrons. The summed E-state index contributed by atoms with van der Waals surface area (Å²) in [4.78, 5) is 10.5. The quantitative estimate of drug-likeness (QED) is 0.807. The van der Waals surface area contributed by atoms with E-state index in [0.717, 1.165) is 23.5 Å². The number of rotatable bonds is 4. The predicted molar refractivity (Wildman–Crippen MR) is 76.4 cm³/mol. The molecule has 2 aromatic rings. The first-order valence-electron chi connectivity index (χ1n) is 6.18. The van der Waals surface area contributed by atoms with E-state index in [-0.39, 0.29) is 5.92 Å². The van der Waals surface area contributed by atoms with Gasteiger partial charge in [0.05, 0.1) is 6.20 Å². The molecule has 0 saturated carbocycles. The van der Waals surface area contributed by atoms with Gasteiger partial charge in [-0.05, 0) is 5.92 Å². The number of nitrogens with zero attached hydrogens (tertiary/aromatic N) is 5. The summed E-state index contributed by atoms with van der Waals surface area (Å²) in [7, 11) is 3.90. The van der Waals surface area contributed by atoms with Crippen molar-refractivity contribution in [3.05, 3.63) is 35.0 Å². The third kappa shape index (κ3) is 3.04. The van der Waals surface area contributed by atoms with Crippen LogP contribution < -0.4 is 4.90 Å². The average Bonchev–Trinajstić information content (AvgIpc) is 2.73. The van der Waals surface area contributed by atoms with Crippen LogP contribution in [0.2, 0.25) is 5.15 Å². The third-order valence-electron chi connectivity index (χ3n) is 2.93. The summed E-state index contributed by atoms with van der Waals surface area (Å²) >= 11 is 6.18. The molecule has 0 aromatic carbocycles. The van der Waals surface area contributed by atoms with E-state index in [1.165, 1.54) is 6.33 Å². The summed E-state index contributed by atoms with van der Waals surface area (Å²) in [6, 6.07) is 0. The molecule has 0 fully saturated rings. The Labute approximate surface area is 118 Å². The highest BCUT2D eigenvalue weighted by Gasteiger charge is 2.17. The van der Waals surface area contributed by atoms with Gasteiger partial charge >= 0.3 is 0 Å². The second-order valence-electron chi connectivity index (χ2n) is 4.93. The SMILES string of the molecule is CC(C)c1c(Cl)ncnc1N(C)Cc1cnn(C)c1. The molecule has 0 N–H and O–H groups in total. The fraction of sp³-hybridized carbons (Fsp3) is 0.462. The molecule has 0 amide bonds. The van der Waals surface area contributed by atoms with Crippen LogP contribution in [0, 0.1) is 0 Å². The number of anilines is 1. The van der Waals surface area contributed by atoms with Gasteiger partial charge in [-0.3, -0.25) is 4.68 Å². The molecular formula is C13H18ClN5. The minimum absolute atomic E-state index is 0.278. The first-order chi connectivity index (χ1) is 8.99. The van der Waals surface area contributed by atoms with Gasteiger partial charge < -0.3 is 4.90 Å². The lowest BCUT2D eigenvalue weighted by Crippen LogP contribution is -2.20. The molecule has 19 heavy (non-hydrogen) atoms. The van der Waals surface area contributed by atoms with E-state index < -0.39 is 0 Å². The maximum Gasteiger partial charge on any atom is 0.138 e. The second-order valence-corrected chi connectivity index (χ2v) is 5.29. The van der Waals surface area contributed by atoms with Crippen molar-refractivity contribution in [3.63, 3.8) is 0 Å². The molecule has 0 atom stereocenters. The largest absolute Gasteiger partial charge is 0.355 e. The summed E-state index contributed by atoms with van der Waals surface area (Å²) in [5.74, 6) is 1.15. The Kier molecular flexibility index (Phi) is 4.04. The fourth-order valence-corrected chi connectivity index (χ4v) is 2.41. The lowest BCUT2D eigenvalue weighted by atomic mass is 10.1. The van der Waals surface area contributed by atoms with Gasteiger partial charge in [0.1, 0.15) is 17.3 Å². The predicted octanol–water partition coefficient (Wildman–Crippen LogP) is 2.62. The molecule has 0 aliphatic heterocycles. The fourth-order valence-electron chi connectivity index (χ4n) is 2.07.